The quantitative estimate of drug-likeness (QED) is 0.427. The van der Waals surface area contributed by atoms with Gasteiger partial charge in [0, 0.05) is 0 Å². The Balaban J connectivity index is 0. The molecule has 0 bridgehead atoms. The van der Waals surface area contributed by atoms with Gasteiger partial charge < -0.3 is 4.79 Å². The van der Waals surface area contributed by atoms with E-state index in [1.807, 2.05) is 0 Å². The zero-order valence-electron chi connectivity index (χ0n) is 5.56. The van der Waals surface area contributed by atoms with E-state index in [9.17, 15) is 0 Å². The lowest BCUT2D eigenvalue weighted by molar-refractivity contribution is -0.106. The van der Waals surface area contributed by atoms with E-state index < -0.39 is 0 Å². The molecule has 0 N–H and O–H groups in total. The summed E-state index contributed by atoms with van der Waals surface area (Å²) in [6.07, 6.45) is 0.750. The maximum atomic E-state index is 8.81. The summed E-state index contributed by atoms with van der Waals surface area (Å²) in [6.45, 7) is 7.94. The number of carbonyl (C=O) groups excluding carboxylic acids is 1. The highest BCUT2D eigenvalue weighted by molar-refractivity contribution is 5.44. The molecule has 0 radical (unpaired) electrons. The Morgan fingerprint density at radius 3 is 1.29 bits per heavy atom. The molecule has 0 aliphatic heterocycles. The molecule has 0 aliphatic carbocycles. The summed E-state index contributed by atoms with van der Waals surface area (Å²) in [5.41, 5.74) is 0. The first-order chi connectivity index (χ1) is 3.15. The van der Waals surface area contributed by atoms with Crippen LogP contribution in [0.2, 0.25) is 0 Å². The third-order valence-corrected chi connectivity index (χ3v) is 0. The van der Waals surface area contributed by atoms with Gasteiger partial charge in [-0.3, -0.25) is 0 Å². The van der Waals surface area contributed by atoms with Gasteiger partial charge in [-0.1, -0.05) is 20.8 Å². The van der Waals surface area contributed by atoms with E-state index in [0.29, 0.717) is 0 Å². The standard InChI is InChI=1S/C4H10.C2H4O/c1-4(2)3;1-2-3/h4H,1-3H3;2H,1H3. The van der Waals surface area contributed by atoms with Crippen LogP contribution in [0.1, 0.15) is 27.7 Å². The van der Waals surface area contributed by atoms with Crippen LogP contribution < -0.4 is 0 Å². The number of hydrogen-bond acceptors (Lipinski definition) is 1. The lowest BCUT2D eigenvalue weighted by Crippen LogP contribution is -1.66. The van der Waals surface area contributed by atoms with Crippen molar-refractivity contribution in [2.45, 2.75) is 27.7 Å². The summed E-state index contributed by atoms with van der Waals surface area (Å²) >= 11 is 0. The van der Waals surface area contributed by atoms with Crippen LogP contribution in [0.25, 0.3) is 0 Å². The van der Waals surface area contributed by atoms with Crippen molar-refractivity contribution in [3.8, 4) is 0 Å². The van der Waals surface area contributed by atoms with Gasteiger partial charge in [0.15, 0.2) is 0 Å². The molecule has 0 aromatic rings. The molecule has 0 spiro atoms. The summed E-state index contributed by atoms with van der Waals surface area (Å²) in [5, 5.41) is 0. The van der Waals surface area contributed by atoms with Crippen LogP contribution in [-0.2, 0) is 4.79 Å². The Bertz CT molecular complexity index is 28.4. The average molecular weight is 102 g/mol. The maximum absolute atomic E-state index is 8.81. The predicted molar refractivity (Wildman–Crippen MR) is 32.2 cm³/mol. The second-order valence-corrected chi connectivity index (χ2v) is 1.97. The van der Waals surface area contributed by atoms with E-state index in [1.54, 1.807) is 0 Å². The van der Waals surface area contributed by atoms with Crippen molar-refractivity contribution in [2.75, 3.05) is 0 Å². The minimum Gasteiger partial charge on any atom is -0.304 e. The van der Waals surface area contributed by atoms with E-state index >= 15 is 0 Å². The highest BCUT2D eigenvalue weighted by Gasteiger charge is 1.68. The van der Waals surface area contributed by atoms with Gasteiger partial charge in [0.25, 0.3) is 0 Å². The van der Waals surface area contributed by atoms with Crippen molar-refractivity contribution in [1.82, 2.24) is 0 Å². The molecule has 0 atom stereocenters. The van der Waals surface area contributed by atoms with E-state index in [1.165, 1.54) is 6.92 Å². The normalized spacial score (nSPS) is 7.00. The largest absolute Gasteiger partial charge is 0.304 e. The van der Waals surface area contributed by atoms with E-state index in [4.69, 9.17) is 4.79 Å². The van der Waals surface area contributed by atoms with Crippen molar-refractivity contribution < 1.29 is 4.79 Å². The van der Waals surface area contributed by atoms with Crippen molar-refractivity contribution in [3.63, 3.8) is 0 Å². The molecule has 1 nitrogen and oxygen atoms in total. The van der Waals surface area contributed by atoms with Crippen LogP contribution in [0.3, 0.4) is 0 Å². The SMILES string of the molecule is CC(C)C.CC=O. The Morgan fingerprint density at radius 2 is 1.29 bits per heavy atom. The van der Waals surface area contributed by atoms with Crippen molar-refractivity contribution >= 4 is 6.29 Å². The second kappa shape index (κ2) is 9.18. The Morgan fingerprint density at radius 1 is 1.29 bits per heavy atom. The van der Waals surface area contributed by atoms with Gasteiger partial charge in [0.2, 0.25) is 0 Å². The molecule has 0 saturated heterocycles. The van der Waals surface area contributed by atoms with Gasteiger partial charge in [-0.05, 0) is 12.8 Å². The average Bonchev–Trinajstić information content (AvgIpc) is 1.33. The summed E-state index contributed by atoms with van der Waals surface area (Å²) in [7, 11) is 0. The molecule has 0 aliphatic rings. The van der Waals surface area contributed by atoms with E-state index in [-0.39, 0.29) is 0 Å². The number of aldehydes is 1. The fraction of sp³-hybridized carbons (Fsp3) is 0.833. The van der Waals surface area contributed by atoms with Crippen LogP contribution >= 0.6 is 0 Å². The van der Waals surface area contributed by atoms with E-state index in [0.717, 1.165) is 12.2 Å². The molecule has 0 unspecified atom stereocenters. The molecule has 7 heavy (non-hydrogen) atoms. The molecule has 0 heterocycles. The minimum atomic E-state index is 0.750. The van der Waals surface area contributed by atoms with Crippen LogP contribution in [0, 0.1) is 5.92 Å². The summed E-state index contributed by atoms with van der Waals surface area (Å²) < 4.78 is 0. The lowest BCUT2D eigenvalue weighted by Gasteiger charge is -1.79. The molecule has 44 valence electrons. The molecule has 1 heteroatoms. The second-order valence-electron chi connectivity index (χ2n) is 1.97. The van der Waals surface area contributed by atoms with E-state index in [2.05, 4.69) is 20.8 Å². The van der Waals surface area contributed by atoms with Gasteiger partial charge in [-0.15, -0.1) is 0 Å². The minimum absolute atomic E-state index is 0.750. The zero-order chi connectivity index (χ0) is 6.28. The topological polar surface area (TPSA) is 17.1 Å². The molecule has 0 rings (SSSR count). The molecule has 0 amide bonds. The van der Waals surface area contributed by atoms with Crippen LogP contribution in [0.5, 0.6) is 0 Å². The molecule has 0 aromatic carbocycles. The fourth-order valence-electron chi connectivity index (χ4n) is 0. The first kappa shape index (κ1) is 9.83. The molecule has 0 fully saturated rings. The number of carbonyl (C=O) groups is 1. The van der Waals surface area contributed by atoms with Crippen molar-refractivity contribution in [3.05, 3.63) is 0 Å². The molecule has 0 aromatic heterocycles. The third kappa shape index (κ3) is 701. The summed E-state index contributed by atoms with van der Waals surface area (Å²) in [6, 6.07) is 0. The monoisotopic (exact) mass is 102 g/mol. The molecular weight excluding hydrogens is 88.1 g/mol. The van der Waals surface area contributed by atoms with Gasteiger partial charge >= 0.3 is 0 Å². The number of rotatable bonds is 0. The Hall–Kier alpha value is -0.330. The highest BCUT2D eigenvalue weighted by atomic mass is 16.1. The third-order valence-electron chi connectivity index (χ3n) is 0. The Labute approximate surface area is 45.7 Å². The smallest absolute Gasteiger partial charge is 0.116 e. The zero-order valence-corrected chi connectivity index (χ0v) is 5.56. The first-order valence-electron chi connectivity index (χ1n) is 2.55. The van der Waals surface area contributed by atoms with Gasteiger partial charge in [0.1, 0.15) is 6.29 Å². The number of hydrogen-bond donors (Lipinski definition) is 0. The summed E-state index contributed by atoms with van der Waals surface area (Å²) in [5.74, 6) is 0.833. The first-order valence-corrected chi connectivity index (χ1v) is 2.55. The maximum Gasteiger partial charge on any atom is 0.116 e. The Kier molecular flexibility index (Phi) is 12.9. The van der Waals surface area contributed by atoms with Crippen LogP contribution in [0.15, 0.2) is 0 Å². The van der Waals surface area contributed by atoms with Gasteiger partial charge in [-0.2, -0.15) is 0 Å². The lowest BCUT2D eigenvalue weighted by atomic mass is 10.3. The highest BCUT2D eigenvalue weighted by Crippen LogP contribution is 1.81. The molecular formula is C6H14O. The van der Waals surface area contributed by atoms with Crippen molar-refractivity contribution in [1.29, 1.82) is 0 Å². The fourth-order valence-corrected chi connectivity index (χ4v) is 0. The van der Waals surface area contributed by atoms with Crippen LogP contribution in [0.4, 0.5) is 0 Å². The van der Waals surface area contributed by atoms with Gasteiger partial charge in [0.05, 0.1) is 0 Å². The predicted octanol–water partition coefficient (Wildman–Crippen LogP) is 1.87. The van der Waals surface area contributed by atoms with Crippen LogP contribution in [-0.4, -0.2) is 6.29 Å². The van der Waals surface area contributed by atoms with Gasteiger partial charge in [-0.25, -0.2) is 0 Å². The van der Waals surface area contributed by atoms with Crippen molar-refractivity contribution in [2.24, 2.45) is 5.92 Å². The summed E-state index contributed by atoms with van der Waals surface area (Å²) in [4.78, 5) is 8.81. The molecule has 0 saturated carbocycles.